The standard InChI is InChI=1S/C17H13Cl2N5O/c1-9-15(10(2)25-23-9)16-21-14-6-20-8-24(17(14)22-16)7-11-12(18)4-3-5-13(11)19/h3-6,8H,7H2,1-2H3. The molecule has 1 aromatic carbocycles. The Kier molecular flexibility index (Phi) is 3.94. The molecule has 3 heterocycles. The maximum absolute atomic E-state index is 6.28. The second kappa shape index (κ2) is 6.13. The molecule has 0 spiro atoms. The normalized spacial score (nSPS) is 11.4. The van der Waals surface area contributed by atoms with E-state index in [9.17, 15) is 0 Å². The number of hydrogen-bond donors (Lipinski definition) is 0. The first-order valence-corrected chi connectivity index (χ1v) is 8.34. The van der Waals surface area contributed by atoms with Gasteiger partial charge in [-0.2, -0.15) is 0 Å². The lowest BCUT2D eigenvalue weighted by Gasteiger charge is -2.12. The van der Waals surface area contributed by atoms with Crippen molar-refractivity contribution in [2.24, 2.45) is 0 Å². The second-order valence-corrected chi connectivity index (χ2v) is 6.49. The SMILES string of the molecule is Cc1noc(C)c1-c1nc2cncn(Cc3c(Cl)cccc3Cl)c-2n1. The van der Waals surface area contributed by atoms with Gasteiger partial charge in [-0.15, -0.1) is 0 Å². The highest BCUT2D eigenvalue weighted by Gasteiger charge is 2.21. The molecule has 8 heteroatoms. The summed E-state index contributed by atoms with van der Waals surface area (Å²) in [5, 5.41) is 5.16. The molecule has 2 aromatic rings. The molecule has 2 aliphatic heterocycles. The van der Waals surface area contributed by atoms with E-state index in [1.165, 1.54) is 0 Å². The highest BCUT2D eigenvalue weighted by molar-refractivity contribution is 6.35. The number of nitrogens with zero attached hydrogens (tertiary/aromatic N) is 5. The molecule has 0 aliphatic carbocycles. The molecule has 0 saturated heterocycles. The van der Waals surface area contributed by atoms with Gasteiger partial charge in [-0.25, -0.2) is 15.0 Å². The van der Waals surface area contributed by atoms with Crippen molar-refractivity contribution in [3.8, 4) is 22.9 Å². The molecule has 2 aliphatic rings. The van der Waals surface area contributed by atoms with E-state index in [0.717, 1.165) is 16.8 Å². The van der Waals surface area contributed by atoms with Crippen LogP contribution in [0.2, 0.25) is 10.0 Å². The van der Waals surface area contributed by atoms with Gasteiger partial charge in [0.2, 0.25) is 0 Å². The van der Waals surface area contributed by atoms with Crippen LogP contribution in [0.5, 0.6) is 0 Å². The third kappa shape index (κ3) is 2.77. The van der Waals surface area contributed by atoms with Crippen molar-refractivity contribution < 1.29 is 4.52 Å². The van der Waals surface area contributed by atoms with Crippen molar-refractivity contribution in [3.63, 3.8) is 0 Å². The quantitative estimate of drug-likeness (QED) is 0.532. The molecule has 25 heavy (non-hydrogen) atoms. The third-order valence-electron chi connectivity index (χ3n) is 3.99. The van der Waals surface area contributed by atoms with Crippen molar-refractivity contribution in [1.82, 2.24) is 24.7 Å². The average molecular weight is 374 g/mol. The maximum Gasteiger partial charge on any atom is 0.167 e. The zero-order valence-electron chi connectivity index (χ0n) is 13.5. The Balaban J connectivity index is 1.82. The van der Waals surface area contributed by atoms with Crippen molar-refractivity contribution in [2.75, 3.05) is 0 Å². The molecule has 0 atom stereocenters. The Labute approximate surface area is 153 Å². The summed E-state index contributed by atoms with van der Waals surface area (Å²) >= 11 is 12.6. The minimum absolute atomic E-state index is 0.447. The summed E-state index contributed by atoms with van der Waals surface area (Å²) in [7, 11) is 0. The van der Waals surface area contributed by atoms with Crippen LogP contribution >= 0.6 is 23.2 Å². The van der Waals surface area contributed by atoms with Gasteiger partial charge in [0.15, 0.2) is 11.6 Å². The number of aromatic nitrogens is 5. The lowest BCUT2D eigenvalue weighted by molar-refractivity contribution is 0.393. The fourth-order valence-corrected chi connectivity index (χ4v) is 3.28. The first-order valence-electron chi connectivity index (χ1n) is 7.58. The molecule has 4 rings (SSSR count). The number of rotatable bonds is 3. The first kappa shape index (κ1) is 16.1. The number of benzene rings is 1. The minimum atomic E-state index is 0.447. The molecule has 0 fully saturated rings. The molecule has 0 N–H and O–H groups in total. The molecular weight excluding hydrogens is 361 g/mol. The summed E-state index contributed by atoms with van der Waals surface area (Å²) in [5.74, 6) is 1.95. The highest BCUT2D eigenvalue weighted by Crippen LogP contribution is 2.30. The fourth-order valence-electron chi connectivity index (χ4n) is 2.77. The number of halogens is 2. The van der Waals surface area contributed by atoms with Gasteiger partial charge in [-0.1, -0.05) is 34.4 Å². The second-order valence-electron chi connectivity index (χ2n) is 5.68. The monoisotopic (exact) mass is 373 g/mol. The lowest BCUT2D eigenvalue weighted by Crippen LogP contribution is -2.07. The topological polar surface area (TPSA) is 69.6 Å². The van der Waals surface area contributed by atoms with E-state index in [4.69, 9.17) is 27.7 Å². The van der Waals surface area contributed by atoms with E-state index in [2.05, 4.69) is 20.1 Å². The van der Waals surface area contributed by atoms with Crippen molar-refractivity contribution in [1.29, 1.82) is 0 Å². The Hall–Kier alpha value is -2.44. The Morgan fingerprint density at radius 3 is 2.56 bits per heavy atom. The number of imidazole rings is 1. The van der Waals surface area contributed by atoms with Gasteiger partial charge in [-0.3, -0.25) is 0 Å². The molecule has 126 valence electrons. The predicted octanol–water partition coefficient (Wildman–Crippen LogP) is 4.40. The molecule has 0 radical (unpaired) electrons. The van der Waals surface area contributed by atoms with Crippen LogP contribution < -0.4 is 0 Å². The van der Waals surface area contributed by atoms with Crippen LogP contribution in [0, 0.1) is 13.8 Å². The molecule has 0 saturated carbocycles. The van der Waals surface area contributed by atoms with E-state index in [0.29, 0.717) is 39.7 Å². The van der Waals surface area contributed by atoms with E-state index in [-0.39, 0.29) is 0 Å². The average Bonchev–Trinajstić information content (AvgIpc) is 3.14. The number of hydrogen-bond acceptors (Lipinski definition) is 5. The lowest BCUT2D eigenvalue weighted by atomic mass is 10.2. The summed E-state index contributed by atoms with van der Waals surface area (Å²) in [6, 6.07) is 5.43. The van der Waals surface area contributed by atoms with Gasteiger partial charge < -0.3 is 9.09 Å². The van der Waals surface area contributed by atoms with Gasteiger partial charge in [0.1, 0.15) is 11.5 Å². The van der Waals surface area contributed by atoms with E-state index < -0.39 is 0 Å². The summed E-state index contributed by atoms with van der Waals surface area (Å²) in [5.41, 5.74) is 3.05. The van der Waals surface area contributed by atoms with Gasteiger partial charge in [0.05, 0.1) is 30.3 Å². The van der Waals surface area contributed by atoms with Crippen molar-refractivity contribution >= 4 is 23.2 Å². The zero-order valence-corrected chi connectivity index (χ0v) is 15.0. The number of fused-ring (bicyclic) bond motifs is 1. The van der Waals surface area contributed by atoms with Gasteiger partial charge >= 0.3 is 0 Å². The van der Waals surface area contributed by atoms with E-state index >= 15 is 0 Å². The van der Waals surface area contributed by atoms with Crippen LogP contribution in [-0.4, -0.2) is 24.7 Å². The predicted molar refractivity (Wildman–Crippen MR) is 95.0 cm³/mol. The maximum atomic E-state index is 6.28. The van der Waals surface area contributed by atoms with Crippen LogP contribution in [0.4, 0.5) is 0 Å². The molecule has 0 unspecified atom stereocenters. The van der Waals surface area contributed by atoms with Crippen LogP contribution in [0.1, 0.15) is 17.0 Å². The Morgan fingerprint density at radius 2 is 1.88 bits per heavy atom. The summed E-state index contributed by atoms with van der Waals surface area (Å²) in [6.07, 6.45) is 3.36. The van der Waals surface area contributed by atoms with Crippen molar-refractivity contribution in [2.45, 2.75) is 20.4 Å². The molecule has 0 bridgehead atoms. The largest absolute Gasteiger partial charge is 0.361 e. The van der Waals surface area contributed by atoms with Gasteiger partial charge in [0, 0.05) is 15.6 Å². The van der Waals surface area contributed by atoms with Crippen LogP contribution in [0.15, 0.2) is 35.2 Å². The molecular formula is C17H13Cl2N5O. The highest BCUT2D eigenvalue weighted by atomic mass is 35.5. The smallest absolute Gasteiger partial charge is 0.167 e. The Bertz CT molecular complexity index is 1000. The fraction of sp³-hybridized carbons (Fsp3) is 0.176. The van der Waals surface area contributed by atoms with E-state index in [1.807, 2.05) is 36.6 Å². The van der Waals surface area contributed by atoms with Crippen molar-refractivity contribution in [3.05, 3.63) is 57.8 Å². The van der Waals surface area contributed by atoms with Crippen LogP contribution in [-0.2, 0) is 6.54 Å². The minimum Gasteiger partial charge on any atom is -0.361 e. The van der Waals surface area contributed by atoms with Gasteiger partial charge in [-0.05, 0) is 26.0 Å². The van der Waals surface area contributed by atoms with E-state index in [1.54, 1.807) is 12.5 Å². The summed E-state index contributed by atoms with van der Waals surface area (Å²) in [6.45, 7) is 4.15. The van der Waals surface area contributed by atoms with Crippen LogP contribution in [0.3, 0.4) is 0 Å². The number of aryl methyl sites for hydroxylation is 2. The first-order chi connectivity index (χ1) is 12.0. The summed E-state index contributed by atoms with van der Waals surface area (Å²) in [4.78, 5) is 13.5. The third-order valence-corrected chi connectivity index (χ3v) is 4.70. The molecule has 1 aromatic heterocycles. The summed E-state index contributed by atoms with van der Waals surface area (Å²) < 4.78 is 7.09. The molecule has 0 amide bonds. The van der Waals surface area contributed by atoms with Gasteiger partial charge in [0.25, 0.3) is 0 Å². The Morgan fingerprint density at radius 1 is 1.12 bits per heavy atom. The zero-order chi connectivity index (χ0) is 17.6. The molecule has 6 nitrogen and oxygen atoms in total. The van der Waals surface area contributed by atoms with Crippen LogP contribution in [0.25, 0.3) is 22.9 Å².